The molecule has 0 atom stereocenters. The van der Waals surface area contributed by atoms with E-state index in [-0.39, 0.29) is 36.2 Å². The zero-order valence-electron chi connectivity index (χ0n) is 18.3. The van der Waals surface area contributed by atoms with Gasteiger partial charge in [0.15, 0.2) is 23.1 Å². The summed E-state index contributed by atoms with van der Waals surface area (Å²) < 4.78 is 60.4. The fraction of sp³-hybridized carbons (Fsp3) is 0.480. The molecule has 2 aliphatic rings. The molecule has 1 heterocycles. The number of hydrogen-bond acceptors (Lipinski definition) is 4. The smallest absolute Gasteiger partial charge is 0.341 e. The maximum absolute atomic E-state index is 14.8. The maximum atomic E-state index is 14.8. The molecule has 0 saturated heterocycles. The topological polar surface area (TPSA) is 44.8 Å². The molecule has 0 bridgehead atoms. The highest BCUT2D eigenvalue weighted by Gasteiger charge is 2.32. The number of carbonyl (C=O) groups excluding carboxylic acids is 1. The lowest BCUT2D eigenvalue weighted by atomic mass is 9.85. The molecule has 4 nitrogen and oxygen atoms in total. The summed E-state index contributed by atoms with van der Waals surface area (Å²) in [6.07, 6.45) is 5.45. The molecule has 1 aliphatic heterocycles. The van der Waals surface area contributed by atoms with E-state index >= 15 is 0 Å². The van der Waals surface area contributed by atoms with Crippen LogP contribution in [0.3, 0.4) is 0 Å². The monoisotopic (exact) mass is 448 g/mol. The third-order valence-corrected chi connectivity index (χ3v) is 6.25. The quantitative estimate of drug-likeness (QED) is 0.393. The Hall–Kier alpha value is -2.70. The summed E-state index contributed by atoms with van der Waals surface area (Å²) in [7, 11) is 0. The second-order valence-electron chi connectivity index (χ2n) is 8.45. The fourth-order valence-electron chi connectivity index (χ4n) is 4.62. The summed E-state index contributed by atoms with van der Waals surface area (Å²) in [5.41, 5.74) is 0.256. The van der Waals surface area contributed by atoms with Crippen LogP contribution in [0, 0.1) is 23.4 Å². The van der Waals surface area contributed by atoms with Gasteiger partial charge in [0.1, 0.15) is 6.10 Å². The van der Waals surface area contributed by atoms with Crippen LogP contribution >= 0.6 is 0 Å². The Kier molecular flexibility index (Phi) is 6.63. The van der Waals surface area contributed by atoms with E-state index in [2.05, 4.69) is 6.92 Å². The zero-order valence-corrected chi connectivity index (χ0v) is 18.3. The Morgan fingerprint density at radius 1 is 1.00 bits per heavy atom. The van der Waals surface area contributed by atoms with Crippen LogP contribution in [-0.2, 0) is 11.2 Å². The average molecular weight is 448 g/mol. The molecule has 7 heteroatoms. The van der Waals surface area contributed by atoms with Crippen LogP contribution in [0.5, 0.6) is 17.2 Å². The van der Waals surface area contributed by atoms with Crippen molar-refractivity contribution in [2.24, 2.45) is 5.92 Å². The van der Waals surface area contributed by atoms with Crippen LogP contribution in [-0.4, -0.2) is 18.7 Å². The summed E-state index contributed by atoms with van der Waals surface area (Å²) in [6, 6.07) is 4.33. The van der Waals surface area contributed by atoms with Crippen LogP contribution in [0.25, 0.3) is 0 Å². The molecule has 0 spiro atoms. The Morgan fingerprint density at radius 2 is 1.72 bits per heavy atom. The lowest BCUT2D eigenvalue weighted by Crippen LogP contribution is -2.25. The van der Waals surface area contributed by atoms with Gasteiger partial charge < -0.3 is 14.2 Å². The van der Waals surface area contributed by atoms with Crippen molar-refractivity contribution in [2.75, 3.05) is 6.61 Å². The van der Waals surface area contributed by atoms with Gasteiger partial charge in [0.2, 0.25) is 11.6 Å². The number of esters is 1. The van der Waals surface area contributed by atoms with Gasteiger partial charge in [-0.25, -0.2) is 9.18 Å². The number of carbonyl (C=O) groups is 1. The number of benzene rings is 2. The Morgan fingerprint density at radius 3 is 2.41 bits per heavy atom. The van der Waals surface area contributed by atoms with Crippen LogP contribution in [0.2, 0.25) is 0 Å². The molecule has 0 amide bonds. The van der Waals surface area contributed by atoms with Gasteiger partial charge in [0.05, 0.1) is 12.2 Å². The van der Waals surface area contributed by atoms with Crippen molar-refractivity contribution < 1.29 is 32.2 Å². The van der Waals surface area contributed by atoms with E-state index in [1.54, 1.807) is 13.0 Å². The van der Waals surface area contributed by atoms with E-state index in [1.807, 2.05) is 0 Å². The van der Waals surface area contributed by atoms with Gasteiger partial charge >= 0.3 is 5.97 Å². The lowest BCUT2D eigenvalue weighted by Gasteiger charge is -2.28. The number of halogens is 3. The van der Waals surface area contributed by atoms with Crippen molar-refractivity contribution in [3.63, 3.8) is 0 Å². The van der Waals surface area contributed by atoms with Crippen LogP contribution < -0.4 is 9.47 Å². The first-order valence-corrected chi connectivity index (χ1v) is 11.3. The summed E-state index contributed by atoms with van der Waals surface area (Å²) in [6.45, 7) is 4.11. The number of ether oxygens (including phenoxy) is 3. The standard InChI is InChI=1S/C25H27F3O4/c1-3-5-14-6-9-17(10-7-14)31-25(29)18-13-16-12-15-8-11-19(30-4-2)21(27)23(15)32-24(16)22(28)20(18)26/h8,11,13-14,17H,3-7,9-10,12H2,1-2H3. The molecule has 1 saturated carbocycles. The van der Waals surface area contributed by atoms with Gasteiger partial charge in [-0.15, -0.1) is 0 Å². The lowest BCUT2D eigenvalue weighted by molar-refractivity contribution is 0.0155. The third kappa shape index (κ3) is 4.30. The number of fused-ring (bicyclic) bond motifs is 2. The van der Waals surface area contributed by atoms with Gasteiger partial charge in [0.25, 0.3) is 0 Å². The molecule has 0 radical (unpaired) electrons. The first kappa shape index (κ1) is 22.5. The van der Waals surface area contributed by atoms with Gasteiger partial charge in [-0.1, -0.05) is 25.8 Å². The second-order valence-corrected chi connectivity index (χ2v) is 8.45. The van der Waals surface area contributed by atoms with Crippen molar-refractivity contribution in [3.05, 3.63) is 52.3 Å². The van der Waals surface area contributed by atoms with Gasteiger partial charge in [-0.3, -0.25) is 0 Å². The minimum absolute atomic E-state index is 0.0237. The maximum Gasteiger partial charge on any atom is 0.341 e. The van der Waals surface area contributed by atoms with Crippen molar-refractivity contribution >= 4 is 5.97 Å². The molecule has 2 aromatic rings. The van der Waals surface area contributed by atoms with E-state index in [0.29, 0.717) is 11.5 Å². The van der Waals surface area contributed by atoms with E-state index in [0.717, 1.165) is 38.5 Å². The molecular weight excluding hydrogens is 421 g/mol. The second kappa shape index (κ2) is 9.43. The average Bonchev–Trinajstić information content (AvgIpc) is 2.79. The molecule has 2 aromatic carbocycles. The van der Waals surface area contributed by atoms with Crippen molar-refractivity contribution in [3.8, 4) is 17.2 Å². The highest BCUT2D eigenvalue weighted by molar-refractivity contribution is 5.90. The first-order chi connectivity index (χ1) is 15.4. The normalized spacial score (nSPS) is 19.5. The predicted molar refractivity (Wildman–Crippen MR) is 113 cm³/mol. The molecule has 32 heavy (non-hydrogen) atoms. The van der Waals surface area contributed by atoms with Crippen LogP contribution in [0.15, 0.2) is 18.2 Å². The van der Waals surface area contributed by atoms with Crippen molar-refractivity contribution in [1.82, 2.24) is 0 Å². The van der Waals surface area contributed by atoms with Crippen LogP contribution in [0.1, 0.15) is 73.9 Å². The minimum Gasteiger partial charge on any atom is -0.491 e. The Labute approximate surface area is 185 Å². The van der Waals surface area contributed by atoms with E-state index in [1.165, 1.54) is 12.1 Å². The van der Waals surface area contributed by atoms with E-state index in [9.17, 15) is 18.0 Å². The predicted octanol–water partition coefficient (Wildman–Crippen LogP) is 6.71. The summed E-state index contributed by atoms with van der Waals surface area (Å²) in [4.78, 5) is 12.6. The fourth-order valence-corrected chi connectivity index (χ4v) is 4.62. The zero-order chi connectivity index (χ0) is 22.8. The summed E-state index contributed by atoms with van der Waals surface area (Å²) in [5, 5.41) is 0. The summed E-state index contributed by atoms with van der Waals surface area (Å²) in [5.74, 6) is -4.33. The van der Waals surface area contributed by atoms with Gasteiger partial charge in [-0.2, -0.15) is 8.78 Å². The molecule has 4 rings (SSSR count). The molecule has 0 aromatic heterocycles. The van der Waals surface area contributed by atoms with E-state index < -0.39 is 34.7 Å². The largest absolute Gasteiger partial charge is 0.491 e. The van der Waals surface area contributed by atoms with Gasteiger partial charge in [0, 0.05) is 17.5 Å². The van der Waals surface area contributed by atoms with Crippen molar-refractivity contribution in [1.29, 1.82) is 0 Å². The SMILES string of the molecule is CCCC1CCC(OC(=O)c2cc3c(c(F)c2F)Oc2c(ccc(OCC)c2F)C3)CC1. The Bertz CT molecular complexity index is 1010. The van der Waals surface area contributed by atoms with Crippen molar-refractivity contribution in [2.45, 2.75) is 64.9 Å². The molecule has 1 aliphatic carbocycles. The minimum atomic E-state index is -1.35. The molecule has 1 fully saturated rings. The third-order valence-electron chi connectivity index (χ3n) is 6.25. The first-order valence-electron chi connectivity index (χ1n) is 11.3. The highest BCUT2D eigenvalue weighted by atomic mass is 19.2. The van der Waals surface area contributed by atoms with E-state index in [4.69, 9.17) is 14.2 Å². The number of rotatable bonds is 6. The Balaban J connectivity index is 1.54. The molecule has 0 unspecified atom stereocenters. The molecular formula is C25H27F3O4. The highest BCUT2D eigenvalue weighted by Crippen LogP contribution is 2.43. The van der Waals surface area contributed by atoms with Gasteiger partial charge in [-0.05, 0) is 50.7 Å². The number of hydrogen-bond donors (Lipinski definition) is 0. The molecule has 172 valence electrons. The summed E-state index contributed by atoms with van der Waals surface area (Å²) >= 11 is 0. The molecule has 0 N–H and O–H groups in total. The van der Waals surface area contributed by atoms with Crippen LogP contribution in [0.4, 0.5) is 13.2 Å².